The van der Waals surface area contributed by atoms with Crippen LogP contribution in [-0.2, 0) is 14.9 Å². The Kier molecular flexibility index (Phi) is 5.35. The molecule has 0 heterocycles. The van der Waals surface area contributed by atoms with Gasteiger partial charge in [-0.15, -0.1) is 0 Å². The second-order valence-corrected chi connectivity index (χ2v) is 6.18. The highest BCUT2D eigenvalue weighted by atomic mass is 16.6. The van der Waals surface area contributed by atoms with E-state index in [2.05, 4.69) is 5.32 Å². The number of benzene rings is 1. The van der Waals surface area contributed by atoms with E-state index in [0.29, 0.717) is 5.56 Å². The zero-order valence-electron chi connectivity index (χ0n) is 13.0. The minimum Gasteiger partial charge on any atom is -0.481 e. The molecule has 1 unspecified atom stereocenters. The van der Waals surface area contributed by atoms with Crippen molar-refractivity contribution in [2.45, 2.75) is 45.1 Å². The number of carboxylic acids is 1. The van der Waals surface area contributed by atoms with Crippen LogP contribution in [-0.4, -0.2) is 29.3 Å². The molecule has 0 aliphatic carbocycles. The van der Waals surface area contributed by atoms with E-state index in [9.17, 15) is 14.7 Å². The fourth-order valence-corrected chi connectivity index (χ4v) is 1.91. The maximum atomic E-state index is 11.6. The molecule has 1 atom stereocenters. The fraction of sp³-hybridized carbons (Fsp3) is 0.500. The Morgan fingerprint density at radius 1 is 1.14 bits per heavy atom. The SMILES string of the molecule is CC(C)(C)OC(=O)NCCC(C)(C(=O)O)c1ccccc1. The largest absolute Gasteiger partial charge is 0.481 e. The molecule has 0 aliphatic rings. The molecule has 1 aromatic rings. The molecule has 0 saturated heterocycles. The maximum absolute atomic E-state index is 11.6. The van der Waals surface area contributed by atoms with Crippen LogP contribution in [0.25, 0.3) is 0 Å². The number of nitrogens with one attached hydrogen (secondary N) is 1. The van der Waals surface area contributed by atoms with Crippen LogP contribution >= 0.6 is 0 Å². The van der Waals surface area contributed by atoms with Crippen molar-refractivity contribution in [1.29, 1.82) is 0 Å². The van der Waals surface area contributed by atoms with Gasteiger partial charge in [0.25, 0.3) is 0 Å². The highest BCUT2D eigenvalue weighted by molar-refractivity contribution is 5.81. The molecule has 0 aromatic heterocycles. The topological polar surface area (TPSA) is 75.6 Å². The fourth-order valence-electron chi connectivity index (χ4n) is 1.91. The van der Waals surface area contributed by atoms with Gasteiger partial charge in [0, 0.05) is 6.54 Å². The highest BCUT2D eigenvalue weighted by Crippen LogP contribution is 2.27. The Labute approximate surface area is 125 Å². The molecule has 1 aromatic carbocycles. The van der Waals surface area contributed by atoms with Crippen LogP contribution in [0.15, 0.2) is 30.3 Å². The van der Waals surface area contributed by atoms with Crippen LogP contribution in [0.3, 0.4) is 0 Å². The standard InChI is InChI=1S/C16H23NO4/c1-15(2,3)21-14(20)17-11-10-16(4,13(18)19)12-8-6-5-7-9-12/h5-9H,10-11H2,1-4H3,(H,17,20)(H,18,19). The molecule has 0 radical (unpaired) electrons. The Morgan fingerprint density at radius 3 is 2.19 bits per heavy atom. The summed E-state index contributed by atoms with van der Waals surface area (Å²) < 4.78 is 5.12. The number of aliphatic carboxylic acids is 1. The van der Waals surface area contributed by atoms with Crippen LogP contribution in [0.1, 0.15) is 39.7 Å². The lowest BCUT2D eigenvalue weighted by atomic mass is 9.79. The van der Waals surface area contributed by atoms with E-state index in [1.54, 1.807) is 52.0 Å². The molecule has 5 nitrogen and oxygen atoms in total. The molecule has 5 heteroatoms. The molecule has 1 rings (SSSR count). The number of rotatable bonds is 5. The monoisotopic (exact) mass is 293 g/mol. The van der Waals surface area contributed by atoms with Crippen molar-refractivity contribution in [2.24, 2.45) is 0 Å². The van der Waals surface area contributed by atoms with E-state index < -0.39 is 23.1 Å². The van der Waals surface area contributed by atoms with E-state index in [1.165, 1.54) is 0 Å². The first kappa shape index (κ1) is 17.0. The Bertz CT molecular complexity index is 493. The van der Waals surface area contributed by atoms with Gasteiger partial charge in [0.05, 0.1) is 5.41 Å². The number of amides is 1. The van der Waals surface area contributed by atoms with Gasteiger partial charge in [-0.25, -0.2) is 4.79 Å². The summed E-state index contributed by atoms with van der Waals surface area (Å²) in [6.07, 6.45) is -0.255. The number of carboxylic acid groups (broad SMARTS) is 1. The quantitative estimate of drug-likeness (QED) is 0.875. The van der Waals surface area contributed by atoms with Gasteiger partial charge in [0.2, 0.25) is 0 Å². The number of alkyl carbamates (subject to hydrolysis) is 1. The van der Waals surface area contributed by atoms with Crippen LogP contribution in [0.2, 0.25) is 0 Å². The first-order valence-corrected chi connectivity index (χ1v) is 6.91. The van der Waals surface area contributed by atoms with E-state index >= 15 is 0 Å². The third kappa shape index (κ3) is 5.10. The summed E-state index contributed by atoms with van der Waals surface area (Å²) >= 11 is 0. The Hall–Kier alpha value is -2.04. The molecule has 1 amide bonds. The minimum absolute atomic E-state index is 0.229. The number of carbonyl (C=O) groups is 2. The molecule has 0 spiro atoms. The molecule has 2 N–H and O–H groups in total. The third-order valence-corrected chi connectivity index (χ3v) is 3.18. The number of carbonyl (C=O) groups excluding carboxylic acids is 1. The van der Waals surface area contributed by atoms with Crippen LogP contribution in [0, 0.1) is 0 Å². The average Bonchev–Trinajstić information content (AvgIpc) is 2.37. The van der Waals surface area contributed by atoms with Crippen molar-refractivity contribution in [3.05, 3.63) is 35.9 Å². The van der Waals surface area contributed by atoms with Crippen LogP contribution in [0.5, 0.6) is 0 Å². The van der Waals surface area contributed by atoms with Gasteiger partial charge in [-0.3, -0.25) is 4.79 Å². The van der Waals surface area contributed by atoms with Crippen molar-refractivity contribution in [3.8, 4) is 0 Å². The molecule has 0 aliphatic heterocycles. The van der Waals surface area contributed by atoms with Crippen LogP contribution in [0.4, 0.5) is 4.79 Å². The summed E-state index contributed by atoms with van der Waals surface area (Å²) in [5.74, 6) is -0.917. The molecule has 0 fully saturated rings. The van der Waals surface area contributed by atoms with Gasteiger partial charge in [-0.05, 0) is 39.7 Å². The zero-order valence-corrected chi connectivity index (χ0v) is 13.0. The molecule has 0 bridgehead atoms. The van der Waals surface area contributed by atoms with Crippen molar-refractivity contribution < 1.29 is 19.4 Å². The smallest absolute Gasteiger partial charge is 0.407 e. The lowest BCUT2D eigenvalue weighted by Gasteiger charge is -2.26. The van der Waals surface area contributed by atoms with Gasteiger partial charge in [-0.1, -0.05) is 30.3 Å². The summed E-state index contributed by atoms with van der Waals surface area (Å²) in [5, 5.41) is 12.1. The van der Waals surface area contributed by atoms with Crippen molar-refractivity contribution >= 4 is 12.1 Å². The van der Waals surface area contributed by atoms with E-state index in [4.69, 9.17) is 4.74 Å². The summed E-state index contributed by atoms with van der Waals surface area (Å²) in [5.41, 5.74) is -0.904. The van der Waals surface area contributed by atoms with Gasteiger partial charge < -0.3 is 15.2 Å². The Balaban J connectivity index is 2.65. The number of hydrogen-bond acceptors (Lipinski definition) is 3. The van der Waals surface area contributed by atoms with Crippen LogP contribution < -0.4 is 5.32 Å². The van der Waals surface area contributed by atoms with Gasteiger partial charge >= 0.3 is 12.1 Å². The van der Waals surface area contributed by atoms with E-state index in [1.807, 2.05) is 6.07 Å². The van der Waals surface area contributed by atoms with E-state index in [-0.39, 0.29) is 13.0 Å². The lowest BCUT2D eigenvalue weighted by molar-refractivity contribution is -0.143. The minimum atomic E-state index is -1.05. The zero-order chi connectivity index (χ0) is 16.1. The summed E-state index contributed by atoms with van der Waals surface area (Å²) in [7, 11) is 0. The second-order valence-electron chi connectivity index (χ2n) is 6.18. The first-order chi connectivity index (χ1) is 9.65. The molecular formula is C16H23NO4. The Morgan fingerprint density at radius 2 is 1.71 bits per heavy atom. The van der Waals surface area contributed by atoms with Gasteiger partial charge in [0.15, 0.2) is 0 Å². The molecule has 21 heavy (non-hydrogen) atoms. The van der Waals surface area contributed by atoms with Gasteiger partial charge in [-0.2, -0.15) is 0 Å². The lowest BCUT2D eigenvalue weighted by Crippen LogP contribution is -2.39. The summed E-state index contributed by atoms with van der Waals surface area (Å²) in [6, 6.07) is 9.00. The highest BCUT2D eigenvalue weighted by Gasteiger charge is 2.34. The number of hydrogen-bond donors (Lipinski definition) is 2. The van der Waals surface area contributed by atoms with Gasteiger partial charge in [0.1, 0.15) is 5.60 Å². The van der Waals surface area contributed by atoms with E-state index in [0.717, 1.165) is 0 Å². The second kappa shape index (κ2) is 6.61. The normalized spacial score (nSPS) is 14.1. The maximum Gasteiger partial charge on any atom is 0.407 e. The summed E-state index contributed by atoms with van der Waals surface area (Å²) in [6.45, 7) is 7.21. The van der Waals surface area contributed by atoms with Crippen molar-refractivity contribution in [2.75, 3.05) is 6.54 Å². The predicted molar refractivity (Wildman–Crippen MR) is 80.3 cm³/mol. The summed E-state index contributed by atoms with van der Waals surface area (Å²) in [4.78, 5) is 23.2. The molecule has 0 saturated carbocycles. The third-order valence-electron chi connectivity index (χ3n) is 3.18. The average molecular weight is 293 g/mol. The number of ether oxygens (including phenoxy) is 1. The first-order valence-electron chi connectivity index (χ1n) is 6.91. The predicted octanol–water partition coefficient (Wildman–Crippen LogP) is 2.94. The molecule has 116 valence electrons. The van der Waals surface area contributed by atoms with Crippen molar-refractivity contribution in [3.63, 3.8) is 0 Å². The molecular weight excluding hydrogens is 270 g/mol. The van der Waals surface area contributed by atoms with Crippen molar-refractivity contribution in [1.82, 2.24) is 5.32 Å².